The maximum Gasteiger partial charge on any atom is 0.229 e. The summed E-state index contributed by atoms with van der Waals surface area (Å²) in [6.07, 6.45) is 2.44. The summed E-state index contributed by atoms with van der Waals surface area (Å²) < 4.78 is 32.8. The van der Waals surface area contributed by atoms with Crippen LogP contribution in [-0.4, -0.2) is 37.2 Å². The number of aliphatic hydroxyl groups excluding tert-OH is 1. The number of halogens is 2. The van der Waals surface area contributed by atoms with Gasteiger partial charge in [0.05, 0.1) is 29.7 Å². The van der Waals surface area contributed by atoms with Crippen LogP contribution in [0.25, 0.3) is 16.8 Å². The Hall–Kier alpha value is -3.63. The highest BCUT2D eigenvalue weighted by Crippen LogP contribution is 2.36. The van der Waals surface area contributed by atoms with E-state index in [1.165, 1.54) is 6.07 Å². The lowest BCUT2D eigenvalue weighted by molar-refractivity contribution is -0.115. The minimum atomic E-state index is -1.15. The highest BCUT2D eigenvalue weighted by Gasteiger charge is 2.31. The fraction of sp³-hybridized carbons (Fsp3) is 0.370. The number of fused-ring (bicyclic) bond motifs is 1. The smallest absolute Gasteiger partial charge is 0.229 e. The average molecular weight is 511 g/mol. The summed E-state index contributed by atoms with van der Waals surface area (Å²) in [6.45, 7) is 7.99. The van der Waals surface area contributed by atoms with E-state index in [1.807, 2.05) is 32.2 Å². The summed E-state index contributed by atoms with van der Waals surface area (Å²) in [4.78, 5) is 17.5. The van der Waals surface area contributed by atoms with Gasteiger partial charge in [-0.2, -0.15) is 5.10 Å². The molecule has 1 aromatic carbocycles. The number of hydrogen-bond donors (Lipinski definition) is 3. The molecule has 10 heteroatoms. The van der Waals surface area contributed by atoms with Crippen molar-refractivity contribution in [2.45, 2.75) is 46.8 Å². The first kappa shape index (κ1) is 26.4. The summed E-state index contributed by atoms with van der Waals surface area (Å²) in [5.74, 6) is -2.77. The molecule has 1 atom stereocenters. The molecule has 3 aromatic heterocycles. The highest BCUT2D eigenvalue weighted by molar-refractivity contribution is 5.97. The van der Waals surface area contributed by atoms with Crippen LogP contribution in [0, 0.1) is 24.0 Å². The Bertz CT molecular complexity index is 1470. The van der Waals surface area contributed by atoms with Gasteiger partial charge in [-0.3, -0.25) is 9.48 Å². The van der Waals surface area contributed by atoms with Crippen LogP contribution in [0.1, 0.15) is 49.5 Å². The molecular formula is C27H32F2N6O2. The molecule has 0 saturated carbocycles. The normalized spacial score (nSPS) is 12.8. The molecule has 0 radical (unpaired) electrons. The summed E-state index contributed by atoms with van der Waals surface area (Å²) in [5.41, 5.74) is 3.40. The van der Waals surface area contributed by atoms with Crippen LogP contribution >= 0.6 is 0 Å². The third-order valence-corrected chi connectivity index (χ3v) is 6.52. The van der Waals surface area contributed by atoms with Crippen LogP contribution in [0.5, 0.6) is 0 Å². The number of carbonyl (C=O) groups is 1. The van der Waals surface area contributed by atoms with E-state index in [2.05, 4.69) is 20.7 Å². The maximum atomic E-state index is 15.1. The van der Waals surface area contributed by atoms with Crippen LogP contribution in [0.15, 0.2) is 36.7 Å². The van der Waals surface area contributed by atoms with Gasteiger partial charge in [0.1, 0.15) is 11.8 Å². The van der Waals surface area contributed by atoms with Gasteiger partial charge in [-0.05, 0) is 43.7 Å². The molecule has 0 spiro atoms. The number of hydrogen-bond acceptors (Lipinski definition) is 5. The van der Waals surface area contributed by atoms with Gasteiger partial charge in [0.25, 0.3) is 0 Å². The number of pyridine rings is 1. The molecule has 0 aliphatic heterocycles. The van der Waals surface area contributed by atoms with Gasteiger partial charge in [0, 0.05) is 42.2 Å². The van der Waals surface area contributed by atoms with Crippen molar-refractivity contribution in [3.63, 3.8) is 0 Å². The number of aromatic nitrogens is 4. The SMILES string of the molecule is CNCc1cnc2ccc(-c3ccc(F)c(F)c3NC(=O)Cc3c(C(O)C(C)(C)C)nn(C)c3C)cn12. The van der Waals surface area contributed by atoms with Crippen molar-refractivity contribution >= 4 is 17.2 Å². The Balaban J connectivity index is 1.71. The van der Waals surface area contributed by atoms with Crippen LogP contribution in [0.2, 0.25) is 0 Å². The monoisotopic (exact) mass is 510 g/mol. The predicted molar refractivity (Wildman–Crippen MR) is 138 cm³/mol. The first-order valence-electron chi connectivity index (χ1n) is 12.0. The molecule has 0 saturated heterocycles. The molecule has 0 aliphatic carbocycles. The summed E-state index contributed by atoms with van der Waals surface area (Å²) >= 11 is 0. The van der Waals surface area contributed by atoms with Crippen LogP contribution in [0.4, 0.5) is 14.5 Å². The van der Waals surface area contributed by atoms with Crippen LogP contribution < -0.4 is 10.6 Å². The molecule has 3 heterocycles. The van der Waals surface area contributed by atoms with Crippen LogP contribution in [0.3, 0.4) is 0 Å². The Morgan fingerprint density at radius 2 is 1.92 bits per heavy atom. The van der Waals surface area contributed by atoms with Gasteiger partial charge in [0.15, 0.2) is 11.6 Å². The minimum absolute atomic E-state index is 0.162. The largest absolute Gasteiger partial charge is 0.386 e. The van der Waals surface area contributed by atoms with E-state index in [4.69, 9.17) is 0 Å². The van der Waals surface area contributed by atoms with E-state index in [0.29, 0.717) is 40.3 Å². The quantitative estimate of drug-likeness (QED) is 0.345. The van der Waals surface area contributed by atoms with Crippen molar-refractivity contribution in [2.75, 3.05) is 12.4 Å². The summed E-state index contributed by atoms with van der Waals surface area (Å²) in [7, 11) is 3.55. The lowest BCUT2D eigenvalue weighted by atomic mass is 9.85. The molecule has 0 aliphatic rings. The fourth-order valence-corrected chi connectivity index (χ4v) is 4.29. The Labute approximate surface area is 214 Å². The van der Waals surface area contributed by atoms with Gasteiger partial charge in [-0.15, -0.1) is 0 Å². The fourth-order valence-electron chi connectivity index (χ4n) is 4.29. The van der Waals surface area contributed by atoms with E-state index in [1.54, 1.807) is 43.2 Å². The third-order valence-electron chi connectivity index (χ3n) is 6.52. The Morgan fingerprint density at radius 3 is 2.59 bits per heavy atom. The van der Waals surface area contributed by atoms with Crippen molar-refractivity contribution in [2.24, 2.45) is 12.5 Å². The van der Waals surface area contributed by atoms with E-state index >= 15 is 4.39 Å². The second-order valence-electron chi connectivity index (χ2n) is 10.3. The molecule has 0 fully saturated rings. The summed E-state index contributed by atoms with van der Waals surface area (Å²) in [6, 6.07) is 6.00. The lowest BCUT2D eigenvalue weighted by Gasteiger charge is -2.25. The van der Waals surface area contributed by atoms with E-state index < -0.39 is 29.1 Å². The van der Waals surface area contributed by atoms with Gasteiger partial charge in [-0.25, -0.2) is 13.8 Å². The topological polar surface area (TPSA) is 96.5 Å². The number of carbonyl (C=O) groups excluding carboxylic acids is 1. The maximum absolute atomic E-state index is 15.1. The van der Waals surface area contributed by atoms with E-state index in [9.17, 15) is 14.3 Å². The Kier molecular flexibility index (Phi) is 7.16. The van der Waals surface area contributed by atoms with Crippen molar-refractivity contribution in [1.82, 2.24) is 24.5 Å². The van der Waals surface area contributed by atoms with Crippen LogP contribution in [-0.2, 0) is 24.8 Å². The van der Waals surface area contributed by atoms with E-state index in [-0.39, 0.29) is 12.1 Å². The number of aryl methyl sites for hydroxylation is 1. The minimum Gasteiger partial charge on any atom is -0.386 e. The van der Waals surface area contributed by atoms with Gasteiger partial charge in [-0.1, -0.05) is 20.8 Å². The second-order valence-corrected chi connectivity index (χ2v) is 10.3. The lowest BCUT2D eigenvalue weighted by Crippen LogP contribution is -2.22. The standard InChI is InChI=1S/C27H32F2N6O2/c1-15-19(25(33-34(15)6)26(37)27(2,3)4)11-22(36)32-24-18(8-9-20(28)23(24)29)16-7-10-21-31-13-17(12-30-5)35(21)14-16/h7-10,13-14,26,30,37H,11-12H2,1-6H3,(H,32,36). The van der Waals surface area contributed by atoms with E-state index in [0.717, 1.165) is 11.8 Å². The highest BCUT2D eigenvalue weighted by atomic mass is 19.2. The molecular weight excluding hydrogens is 478 g/mol. The zero-order valence-corrected chi connectivity index (χ0v) is 21.9. The second kappa shape index (κ2) is 10.0. The molecule has 8 nitrogen and oxygen atoms in total. The van der Waals surface area contributed by atoms with Crippen molar-refractivity contribution in [3.8, 4) is 11.1 Å². The van der Waals surface area contributed by atoms with Gasteiger partial charge in [0.2, 0.25) is 5.91 Å². The third kappa shape index (κ3) is 5.12. The number of amides is 1. The van der Waals surface area contributed by atoms with Gasteiger partial charge < -0.3 is 20.1 Å². The number of rotatable bonds is 7. The molecule has 4 rings (SSSR count). The molecule has 1 amide bonds. The first-order chi connectivity index (χ1) is 17.4. The molecule has 1 unspecified atom stereocenters. The van der Waals surface area contributed by atoms with Gasteiger partial charge >= 0.3 is 0 Å². The number of nitrogens with zero attached hydrogens (tertiary/aromatic N) is 4. The number of aliphatic hydroxyl groups is 1. The molecule has 4 aromatic rings. The summed E-state index contributed by atoms with van der Waals surface area (Å²) in [5, 5.41) is 20.9. The molecule has 3 N–H and O–H groups in total. The molecule has 37 heavy (non-hydrogen) atoms. The number of imidazole rings is 1. The Morgan fingerprint density at radius 1 is 1.19 bits per heavy atom. The molecule has 196 valence electrons. The number of benzene rings is 1. The predicted octanol–water partition coefficient (Wildman–Crippen LogP) is 4.30. The molecule has 0 bridgehead atoms. The zero-order chi connectivity index (χ0) is 27.1. The van der Waals surface area contributed by atoms with Crippen molar-refractivity contribution in [1.29, 1.82) is 0 Å². The van der Waals surface area contributed by atoms with Crippen molar-refractivity contribution < 1.29 is 18.7 Å². The number of nitrogens with one attached hydrogen (secondary N) is 2. The zero-order valence-electron chi connectivity index (χ0n) is 21.9. The van der Waals surface area contributed by atoms with Crippen molar-refractivity contribution in [3.05, 3.63) is 70.9 Å². The first-order valence-corrected chi connectivity index (χ1v) is 12.0. The number of anilines is 1. The average Bonchev–Trinajstić information content (AvgIpc) is 3.36.